The Labute approximate surface area is 161 Å². The van der Waals surface area contributed by atoms with Gasteiger partial charge >= 0.3 is 0 Å². The Hall–Kier alpha value is -2.19. The molecule has 1 heterocycles. The predicted octanol–water partition coefficient (Wildman–Crippen LogP) is 2.41. The molecule has 0 saturated carbocycles. The van der Waals surface area contributed by atoms with E-state index in [0.29, 0.717) is 11.4 Å². The molecule has 1 unspecified atom stereocenters. The molecule has 2 aromatic rings. The number of carbonyl (C=O) groups is 1. The molecular weight excluding hydrogens is 364 g/mol. The second-order valence-corrected chi connectivity index (χ2v) is 8.85. The molecule has 0 bridgehead atoms. The molecule has 1 aromatic carbocycles. The second kappa shape index (κ2) is 8.67. The maximum Gasteiger partial charge on any atom is 0.246 e. The van der Waals surface area contributed by atoms with Crippen LogP contribution in [-0.4, -0.2) is 42.5 Å². The zero-order valence-electron chi connectivity index (χ0n) is 16.6. The van der Waals surface area contributed by atoms with E-state index >= 15 is 0 Å². The van der Waals surface area contributed by atoms with Crippen molar-refractivity contribution >= 4 is 15.9 Å². The van der Waals surface area contributed by atoms with Crippen LogP contribution in [0.25, 0.3) is 0 Å². The van der Waals surface area contributed by atoms with Gasteiger partial charge in [0.1, 0.15) is 11.4 Å². The largest absolute Gasteiger partial charge is 0.348 e. The lowest BCUT2D eigenvalue weighted by Gasteiger charge is -2.19. The quantitative estimate of drug-likeness (QED) is 0.748. The normalized spacial score (nSPS) is 13.0. The van der Waals surface area contributed by atoms with Crippen LogP contribution in [0.5, 0.6) is 0 Å². The van der Waals surface area contributed by atoms with Crippen LogP contribution in [0.1, 0.15) is 42.8 Å². The van der Waals surface area contributed by atoms with Crippen molar-refractivity contribution in [2.75, 3.05) is 14.1 Å². The molecule has 0 aliphatic rings. The number of nitrogens with one attached hydrogen (secondary N) is 1. The molecule has 7 nitrogen and oxygen atoms in total. The topological polar surface area (TPSA) is 84.3 Å². The minimum absolute atomic E-state index is 0.0251. The van der Waals surface area contributed by atoms with Crippen LogP contribution in [0.2, 0.25) is 0 Å². The van der Waals surface area contributed by atoms with Gasteiger partial charge in [-0.25, -0.2) is 12.7 Å². The van der Waals surface area contributed by atoms with Crippen molar-refractivity contribution < 1.29 is 13.2 Å². The standard InChI is InChI=1S/C19H28N4O3S/c1-6-10-17(16-11-8-7-9-12-16)20-18(24)13-23-15(3)19(14(2)21-23)27(25,26)22(4)5/h7-9,11-12,17H,6,10,13H2,1-5H3,(H,20,24). The molecule has 1 N–H and O–H groups in total. The van der Waals surface area contributed by atoms with E-state index in [1.54, 1.807) is 13.8 Å². The molecule has 0 radical (unpaired) electrons. The van der Waals surface area contributed by atoms with Crippen LogP contribution in [0.4, 0.5) is 0 Å². The predicted molar refractivity (Wildman–Crippen MR) is 105 cm³/mol. The first kappa shape index (κ1) is 21.1. The van der Waals surface area contributed by atoms with E-state index in [0.717, 1.165) is 22.7 Å². The number of hydrogen-bond acceptors (Lipinski definition) is 4. The van der Waals surface area contributed by atoms with Crippen LogP contribution >= 0.6 is 0 Å². The highest BCUT2D eigenvalue weighted by Crippen LogP contribution is 2.22. The molecule has 1 aromatic heterocycles. The van der Waals surface area contributed by atoms with Gasteiger partial charge in [0, 0.05) is 14.1 Å². The molecule has 1 atom stereocenters. The summed E-state index contributed by atoms with van der Waals surface area (Å²) >= 11 is 0. The van der Waals surface area contributed by atoms with E-state index in [4.69, 9.17) is 0 Å². The molecule has 2 rings (SSSR count). The van der Waals surface area contributed by atoms with Gasteiger partial charge in [-0.15, -0.1) is 0 Å². The van der Waals surface area contributed by atoms with Gasteiger partial charge in [-0.3, -0.25) is 9.48 Å². The van der Waals surface area contributed by atoms with E-state index in [2.05, 4.69) is 17.3 Å². The Morgan fingerprint density at radius 2 is 1.85 bits per heavy atom. The molecule has 0 spiro atoms. The van der Waals surface area contributed by atoms with Gasteiger partial charge < -0.3 is 5.32 Å². The average molecular weight is 393 g/mol. The van der Waals surface area contributed by atoms with Crippen molar-refractivity contribution in [1.82, 2.24) is 19.4 Å². The lowest BCUT2D eigenvalue weighted by molar-refractivity contribution is -0.122. The van der Waals surface area contributed by atoms with Crippen LogP contribution < -0.4 is 5.32 Å². The summed E-state index contributed by atoms with van der Waals surface area (Å²) < 4.78 is 27.6. The number of rotatable bonds is 8. The van der Waals surface area contributed by atoms with Crippen LogP contribution in [0.3, 0.4) is 0 Å². The number of benzene rings is 1. The maximum atomic E-state index is 12.6. The second-order valence-electron chi connectivity index (χ2n) is 6.76. The first-order valence-electron chi connectivity index (χ1n) is 8.99. The number of sulfonamides is 1. The fraction of sp³-hybridized carbons (Fsp3) is 0.474. The van der Waals surface area contributed by atoms with Crippen molar-refractivity contribution in [2.45, 2.75) is 51.1 Å². The zero-order valence-corrected chi connectivity index (χ0v) is 17.4. The van der Waals surface area contributed by atoms with Crippen molar-refractivity contribution in [1.29, 1.82) is 0 Å². The summed E-state index contributed by atoms with van der Waals surface area (Å²) in [5, 5.41) is 7.32. The molecule has 0 aliphatic carbocycles. The van der Waals surface area contributed by atoms with Crippen LogP contribution in [-0.2, 0) is 21.4 Å². The summed E-state index contributed by atoms with van der Waals surface area (Å²) in [7, 11) is -0.650. The third-order valence-corrected chi connectivity index (χ3v) is 6.53. The Morgan fingerprint density at radius 3 is 2.41 bits per heavy atom. The van der Waals surface area contributed by atoms with Crippen molar-refractivity contribution in [3.63, 3.8) is 0 Å². The average Bonchev–Trinajstić information content (AvgIpc) is 2.89. The summed E-state index contributed by atoms with van der Waals surface area (Å²) in [6.45, 7) is 5.36. The number of amides is 1. The highest BCUT2D eigenvalue weighted by molar-refractivity contribution is 7.89. The third-order valence-electron chi connectivity index (χ3n) is 4.46. The first-order valence-corrected chi connectivity index (χ1v) is 10.4. The van der Waals surface area contributed by atoms with Gasteiger partial charge in [0.25, 0.3) is 0 Å². The number of hydrogen-bond donors (Lipinski definition) is 1. The molecule has 8 heteroatoms. The van der Waals surface area contributed by atoms with Gasteiger partial charge in [0.2, 0.25) is 15.9 Å². The van der Waals surface area contributed by atoms with E-state index in [1.807, 2.05) is 30.3 Å². The lowest BCUT2D eigenvalue weighted by atomic mass is 10.0. The highest BCUT2D eigenvalue weighted by Gasteiger charge is 2.27. The van der Waals surface area contributed by atoms with Gasteiger partial charge in [0.15, 0.2) is 0 Å². The number of nitrogens with zero attached hydrogens (tertiary/aromatic N) is 3. The van der Waals surface area contributed by atoms with E-state index in [9.17, 15) is 13.2 Å². The summed E-state index contributed by atoms with van der Waals surface area (Å²) in [6, 6.07) is 9.74. The van der Waals surface area contributed by atoms with Crippen molar-refractivity contribution in [3.8, 4) is 0 Å². The lowest BCUT2D eigenvalue weighted by Crippen LogP contribution is -2.32. The van der Waals surface area contributed by atoms with Crippen molar-refractivity contribution in [3.05, 3.63) is 47.3 Å². The smallest absolute Gasteiger partial charge is 0.246 e. The van der Waals surface area contributed by atoms with Crippen LogP contribution in [0.15, 0.2) is 35.2 Å². The van der Waals surface area contributed by atoms with Gasteiger partial charge in [-0.1, -0.05) is 43.7 Å². The molecule has 27 heavy (non-hydrogen) atoms. The summed E-state index contributed by atoms with van der Waals surface area (Å²) in [4.78, 5) is 12.8. The molecule has 0 fully saturated rings. The first-order chi connectivity index (χ1) is 12.7. The van der Waals surface area contributed by atoms with Gasteiger partial charge in [0.05, 0.1) is 17.4 Å². The summed E-state index contributed by atoms with van der Waals surface area (Å²) in [5.74, 6) is -0.197. The Bertz CT molecular complexity index is 889. The fourth-order valence-electron chi connectivity index (χ4n) is 3.06. The minimum atomic E-state index is -3.61. The van der Waals surface area contributed by atoms with Gasteiger partial charge in [-0.2, -0.15) is 5.10 Å². The number of aromatic nitrogens is 2. The Kier molecular flexibility index (Phi) is 6.78. The molecule has 1 amide bonds. The number of carbonyl (C=O) groups excluding carboxylic acids is 1. The molecule has 0 saturated heterocycles. The van der Waals surface area contributed by atoms with Crippen molar-refractivity contribution in [2.24, 2.45) is 0 Å². The van der Waals surface area contributed by atoms with E-state index < -0.39 is 10.0 Å². The molecular formula is C19H28N4O3S. The molecule has 0 aliphatic heterocycles. The van der Waals surface area contributed by atoms with E-state index in [1.165, 1.54) is 18.8 Å². The van der Waals surface area contributed by atoms with Gasteiger partial charge in [-0.05, 0) is 25.8 Å². The zero-order chi connectivity index (χ0) is 20.2. The SMILES string of the molecule is CCCC(NC(=O)Cn1nc(C)c(S(=O)(=O)N(C)C)c1C)c1ccccc1. The Morgan fingerprint density at radius 1 is 1.22 bits per heavy atom. The highest BCUT2D eigenvalue weighted by atomic mass is 32.2. The maximum absolute atomic E-state index is 12.6. The summed E-state index contributed by atoms with van der Waals surface area (Å²) in [6.07, 6.45) is 1.76. The fourth-order valence-corrected chi connectivity index (χ4v) is 4.32. The monoisotopic (exact) mass is 392 g/mol. The van der Waals surface area contributed by atoms with Crippen LogP contribution in [0, 0.1) is 13.8 Å². The molecule has 148 valence electrons. The number of aryl methyl sites for hydroxylation is 1. The minimum Gasteiger partial charge on any atom is -0.348 e. The van der Waals surface area contributed by atoms with E-state index in [-0.39, 0.29) is 23.4 Å². The summed E-state index contributed by atoms with van der Waals surface area (Å²) in [5.41, 5.74) is 1.90. The third kappa shape index (κ3) is 4.75. The Balaban J connectivity index is 2.21.